The molecule has 0 saturated carbocycles. The van der Waals surface area contributed by atoms with Crippen molar-refractivity contribution in [2.45, 2.75) is 155 Å². The Labute approximate surface area is 234 Å². The van der Waals surface area contributed by atoms with Crippen LogP contribution in [-0.4, -0.2) is 23.1 Å². The van der Waals surface area contributed by atoms with Gasteiger partial charge in [0.25, 0.3) is 0 Å². The van der Waals surface area contributed by atoms with Crippen LogP contribution >= 0.6 is 0 Å². The van der Waals surface area contributed by atoms with Crippen LogP contribution in [0.15, 0.2) is 48.6 Å². The van der Waals surface area contributed by atoms with Crippen LogP contribution in [0.4, 0.5) is 0 Å². The summed E-state index contributed by atoms with van der Waals surface area (Å²) in [5, 5.41) is 8.62. The van der Waals surface area contributed by atoms with Gasteiger partial charge in [0.1, 0.15) is 0 Å². The van der Waals surface area contributed by atoms with E-state index in [1.54, 1.807) is 0 Å². The van der Waals surface area contributed by atoms with Crippen LogP contribution in [0.2, 0.25) is 0 Å². The number of rotatable bonds is 27. The highest BCUT2D eigenvalue weighted by Gasteiger charge is 2.08. The third kappa shape index (κ3) is 30.1. The van der Waals surface area contributed by atoms with Crippen molar-refractivity contribution < 1.29 is 19.4 Å². The largest absolute Gasteiger partial charge is 0.481 e. The molecule has 0 saturated heterocycles. The zero-order chi connectivity index (χ0) is 27.9. The molecule has 1 atom stereocenters. The van der Waals surface area contributed by atoms with Crippen molar-refractivity contribution in [1.29, 1.82) is 0 Å². The second-order valence-corrected chi connectivity index (χ2v) is 10.4. The van der Waals surface area contributed by atoms with Crippen LogP contribution in [0.25, 0.3) is 0 Å². The number of unbranched alkanes of at least 4 members (excludes halogenated alkanes) is 12. The van der Waals surface area contributed by atoms with Crippen LogP contribution in [0.3, 0.4) is 0 Å². The second kappa shape index (κ2) is 29.5. The third-order valence-corrected chi connectivity index (χ3v) is 6.55. The Balaban J connectivity index is 3.46. The van der Waals surface area contributed by atoms with Gasteiger partial charge in [0.2, 0.25) is 0 Å². The first-order valence-corrected chi connectivity index (χ1v) is 15.6. The minimum Gasteiger partial charge on any atom is -0.481 e. The van der Waals surface area contributed by atoms with Crippen LogP contribution < -0.4 is 0 Å². The molecule has 1 N–H and O–H groups in total. The third-order valence-electron chi connectivity index (χ3n) is 6.55. The minimum atomic E-state index is -0.679. The van der Waals surface area contributed by atoms with Gasteiger partial charge in [0, 0.05) is 12.8 Å². The highest BCUT2D eigenvalue weighted by molar-refractivity contribution is 5.69. The Kier molecular flexibility index (Phi) is 27.8. The topological polar surface area (TPSA) is 63.6 Å². The molecule has 4 heteroatoms. The van der Waals surface area contributed by atoms with Gasteiger partial charge >= 0.3 is 11.9 Å². The lowest BCUT2D eigenvalue weighted by Crippen LogP contribution is -2.14. The molecule has 4 nitrogen and oxygen atoms in total. The van der Waals surface area contributed by atoms with Crippen LogP contribution in [-0.2, 0) is 14.3 Å². The average Bonchev–Trinajstić information content (AvgIpc) is 2.88. The fraction of sp³-hybridized carbons (Fsp3) is 0.706. The van der Waals surface area contributed by atoms with Crippen molar-refractivity contribution in [3.63, 3.8) is 0 Å². The summed E-state index contributed by atoms with van der Waals surface area (Å²) >= 11 is 0. The van der Waals surface area contributed by atoms with Crippen LogP contribution in [0.5, 0.6) is 0 Å². The minimum absolute atomic E-state index is 0.0259. The molecular weight excluding hydrogens is 472 g/mol. The second-order valence-electron chi connectivity index (χ2n) is 10.4. The molecule has 0 rings (SSSR count). The predicted octanol–water partition coefficient (Wildman–Crippen LogP) is 10.4. The van der Waals surface area contributed by atoms with Gasteiger partial charge in [0.15, 0.2) is 0 Å². The maximum Gasteiger partial charge on any atom is 0.306 e. The molecule has 0 aliphatic heterocycles. The Hall–Kier alpha value is -2.10. The van der Waals surface area contributed by atoms with Gasteiger partial charge in [-0.3, -0.25) is 9.59 Å². The van der Waals surface area contributed by atoms with Gasteiger partial charge in [0.05, 0.1) is 6.10 Å². The molecule has 0 aliphatic rings. The van der Waals surface area contributed by atoms with E-state index in [0.29, 0.717) is 12.8 Å². The molecule has 0 fully saturated rings. The van der Waals surface area contributed by atoms with Crippen LogP contribution in [0, 0.1) is 0 Å². The van der Waals surface area contributed by atoms with E-state index < -0.39 is 5.97 Å². The first-order valence-electron chi connectivity index (χ1n) is 15.6. The molecule has 38 heavy (non-hydrogen) atoms. The number of allylic oxidation sites excluding steroid dienone is 8. The van der Waals surface area contributed by atoms with E-state index in [1.165, 1.54) is 44.9 Å². The van der Waals surface area contributed by atoms with E-state index in [9.17, 15) is 9.59 Å². The maximum absolute atomic E-state index is 12.1. The van der Waals surface area contributed by atoms with E-state index in [0.717, 1.165) is 77.0 Å². The Morgan fingerprint density at radius 3 is 1.58 bits per heavy atom. The van der Waals surface area contributed by atoms with Crippen molar-refractivity contribution in [2.75, 3.05) is 0 Å². The number of carbonyl (C=O) groups is 2. The summed E-state index contributed by atoms with van der Waals surface area (Å²) in [7, 11) is 0. The molecule has 0 aromatic heterocycles. The normalized spacial score (nSPS) is 12.9. The predicted molar refractivity (Wildman–Crippen MR) is 162 cm³/mol. The standard InChI is InChI=1S/C34H58O4/c1-3-4-5-6-7-8-9-10-11-12-16-19-22-25-28-31-34(37)38-32(2)29-26-23-20-17-14-13-15-18-21-24-27-30-33(35)36/h4-5,7-8,10-11,16,19,32H,3,6,9,12-15,17-18,20-31H2,1-2H3,(H,35,36)/b5-4-,8-7-,11-10-,19-16-. The Bertz CT molecular complexity index is 659. The van der Waals surface area contributed by atoms with Crippen LogP contribution in [0.1, 0.15) is 149 Å². The van der Waals surface area contributed by atoms with E-state index in [4.69, 9.17) is 9.84 Å². The lowest BCUT2D eigenvalue weighted by Gasteiger charge is -2.13. The fourth-order valence-corrected chi connectivity index (χ4v) is 4.27. The number of carbonyl (C=O) groups excluding carboxylic acids is 1. The molecule has 0 amide bonds. The number of ether oxygens (including phenoxy) is 1. The number of hydrogen-bond acceptors (Lipinski definition) is 3. The fourth-order valence-electron chi connectivity index (χ4n) is 4.27. The average molecular weight is 531 g/mol. The molecule has 0 aliphatic carbocycles. The molecule has 0 heterocycles. The molecule has 0 bridgehead atoms. The quantitative estimate of drug-likeness (QED) is 0.0651. The Morgan fingerprint density at radius 2 is 1.05 bits per heavy atom. The highest BCUT2D eigenvalue weighted by Crippen LogP contribution is 2.14. The van der Waals surface area contributed by atoms with E-state index in [-0.39, 0.29) is 12.1 Å². The smallest absolute Gasteiger partial charge is 0.306 e. The number of aliphatic carboxylic acids is 1. The van der Waals surface area contributed by atoms with Gasteiger partial charge < -0.3 is 9.84 Å². The van der Waals surface area contributed by atoms with Crippen molar-refractivity contribution in [3.05, 3.63) is 48.6 Å². The maximum atomic E-state index is 12.1. The molecular formula is C34H58O4. The Morgan fingerprint density at radius 1 is 0.605 bits per heavy atom. The summed E-state index contributed by atoms with van der Waals surface area (Å²) < 4.78 is 5.57. The van der Waals surface area contributed by atoms with Gasteiger partial charge in [-0.2, -0.15) is 0 Å². The SMILES string of the molecule is CC/C=C\C/C=C\C/C=C\C/C=C\CCCCC(=O)OC(C)CCCCCCCCCCCCCC(=O)O. The van der Waals surface area contributed by atoms with Gasteiger partial charge in [-0.05, 0) is 71.1 Å². The first-order chi connectivity index (χ1) is 18.6. The zero-order valence-corrected chi connectivity index (χ0v) is 24.7. The van der Waals surface area contributed by atoms with Gasteiger partial charge in [-0.15, -0.1) is 0 Å². The van der Waals surface area contributed by atoms with Crippen molar-refractivity contribution in [2.24, 2.45) is 0 Å². The first kappa shape index (κ1) is 35.9. The summed E-state index contributed by atoms with van der Waals surface area (Å²) in [4.78, 5) is 22.5. The molecule has 0 aromatic rings. The van der Waals surface area contributed by atoms with Gasteiger partial charge in [-0.1, -0.05) is 113 Å². The molecule has 0 aromatic carbocycles. The monoisotopic (exact) mass is 530 g/mol. The highest BCUT2D eigenvalue weighted by atomic mass is 16.5. The van der Waals surface area contributed by atoms with E-state index in [2.05, 4.69) is 55.5 Å². The van der Waals surface area contributed by atoms with E-state index >= 15 is 0 Å². The molecule has 218 valence electrons. The molecule has 1 unspecified atom stereocenters. The number of carboxylic acid groups (broad SMARTS) is 1. The number of hydrogen-bond donors (Lipinski definition) is 1. The molecule has 0 spiro atoms. The molecule has 0 radical (unpaired) electrons. The lowest BCUT2D eigenvalue weighted by molar-refractivity contribution is -0.148. The summed E-state index contributed by atoms with van der Waals surface area (Å²) in [5.41, 5.74) is 0. The number of esters is 1. The summed E-state index contributed by atoms with van der Waals surface area (Å²) in [6.07, 6.45) is 39.5. The van der Waals surface area contributed by atoms with Gasteiger partial charge in [-0.25, -0.2) is 0 Å². The summed E-state index contributed by atoms with van der Waals surface area (Å²) in [5.74, 6) is -0.729. The van der Waals surface area contributed by atoms with Crippen molar-refractivity contribution in [1.82, 2.24) is 0 Å². The van der Waals surface area contributed by atoms with E-state index in [1.807, 2.05) is 6.92 Å². The van der Waals surface area contributed by atoms with Crippen molar-refractivity contribution >= 4 is 11.9 Å². The zero-order valence-electron chi connectivity index (χ0n) is 24.7. The lowest BCUT2D eigenvalue weighted by atomic mass is 10.0. The van der Waals surface area contributed by atoms with Crippen molar-refractivity contribution in [3.8, 4) is 0 Å². The summed E-state index contributed by atoms with van der Waals surface area (Å²) in [6, 6.07) is 0. The summed E-state index contributed by atoms with van der Waals surface area (Å²) in [6.45, 7) is 4.17. The number of carboxylic acids is 1.